The number of H-pyrrole nitrogens is 1. The highest BCUT2D eigenvalue weighted by Crippen LogP contribution is 2.45. The van der Waals surface area contributed by atoms with Crippen molar-refractivity contribution in [3.05, 3.63) is 78.3 Å². The molecule has 7 heterocycles. The molecule has 0 radical (unpaired) electrons. The van der Waals surface area contributed by atoms with Gasteiger partial charge in [-0.1, -0.05) is 36.4 Å². The summed E-state index contributed by atoms with van der Waals surface area (Å²) < 4.78 is 1.76. The Hall–Kier alpha value is -4.93. The number of nitrogens with one attached hydrogen (secondary N) is 2. The minimum absolute atomic E-state index is 0.0511. The van der Waals surface area contributed by atoms with E-state index in [9.17, 15) is 9.59 Å². The highest BCUT2D eigenvalue weighted by atomic mass is 16.2. The lowest BCUT2D eigenvalue weighted by Crippen LogP contribution is -2.46. The summed E-state index contributed by atoms with van der Waals surface area (Å²) in [5.41, 5.74) is 5.86. The normalized spacial score (nSPS) is 21.6. The van der Waals surface area contributed by atoms with Crippen LogP contribution < -0.4 is 5.32 Å². The summed E-state index contributed by atoms with van der Waals surface area (Å²) in [6.45, 7) is 0.558. The van der Waals surface area contributed by atoms with E-state index in [0.717, 1.165) is 53.8 Å². The molecular formula is C30H27N9O2. The molecule has 2 fully saturated rings. The number of fused-ring (bicyclic) bond motifs is 5. The predicted molar refractivity (Wildman–Crippen MR) is 150 cm³/mol. The molecule has 1 aromatic carbocycles. The number of hydrogen-bond donors (Lipinski definition) is 2. The smallest absolute Gasteiger partial charge is 0.292 e. The van der Waals surface area contributed by atoms with E-state index in [1.54, 1.807) is 10.7 Å². The van der Waals surface area contributed by atoms with Crippen molar-refractivity contribution in [3.63, 3.8) is 0 Å². The van der Waals surface area contributed by atoms with E-state index in [1.165, 1.54) is 6.33 Å². The number of amides is 1. The summed E-state index contributed by atoms with van der Waals surface area (Å²) in [6.07, 6.45) is 8.85. The van der Waals surface area contributed by atoms with Gasteiger partial charge in [-0.15, -0.1) is 10.2 Å². The molecule has 0 aliphatic carbocycles. The number of pyridine rings is 1. The first kappa shape index (κ1) is 23.9. The SMILES string of the molecule is O=C1CCNc2c1c(C1CC3CCC(C1)N3C(=O)c1nnc[nH]1)nc1c(-c3ccc(-c4ccccc4)nc3)cnn21. The number of piperidine rings is 1. The molecule has 0 spiro atoms. The summed E-state index contributed by atoms with van der Waals surface area (Å²) in [4.78, 5) is 41.2. The Morgan fingerprint density at radius 1 is 0.976 bits per heavy atom. The maximum atomic E-state index is 13.3. The second-order valence-electron chi connectivity index (χ2n) is 11.0. The first-order valence-corrected chi connectivity index (χ1v) is 14.0. The van der Waals surface area contributed by atoms with E-state index in [4.69, 9.17) is 9.97 Å². The molecule has 1 amide bonds. The number of hydrogen-bond acceptors (Lipinski definition) is 8. The van der Waals surface area contributed by atoms with Crippen LogP contribution in [0.25, 0.3) is 28.0 Å². The minimum Gasteiger partial charge on any atom is -0.369 e. The van der Waals surface area contributed by atoms with Gasteiger partial charge in [0.05, 0.1) is 23.1 Å². The molecule has 5 aromatic rings. The second-order valence-corrected chi connectivity index (χ2v) is 11.0. The Bertz CT molecular complexity index is 1770. The Morgan fingerprint density at radius 2 is 1.80 bits per heavy atom. The number of Topliss-reactive ketones (excluding diaryl/α,β-unsaturated/α-hetero) is 1. The Labute approximate surface area is 235 Å². The third kappa shape index (κ3) is 3.83. The van der Waals surface area contributed by atoms with Crippen LogP contribution in [-0.4, -0.2) is 70.0 Å². The lowest BCUT2D eigenvalue weighted by atomic mass is 9.84. The highest BCUT2D eigenvalue weighted by Gasteiger charge is 2.46. The van der Waals surface area contributed by atoms with Gasteiger partial charge in [0.25, 0.3) is 5.91 Å². The monoisotopic (exact) mass is 545 g/mol. The number of ketones is 1. The summed E-state index contributed by atoms with van der Waals surface area (Å²) in [5, 5.41) is 15.8. The molecule has 2 saturated heterocycles. The average Bonchev–Trinajstić information content (AvgIpc) is 3.76. The predicted octanol–water partition coefficient (Wildman–Crippen LogP) is 4.13. The summed E-state index contributed by atoms with van der Waals surface area (Å²) >= 11 is 0. The van der Waals surface area contributed by atoms with Gasteiger partial charge in [-0.25, -0.2) is 4.98 Å². The first-order valence-electron chi connectivity index (χ1n) is 14.0. The quantitative estimate of drug-likeness (QED) is 0.344. The number of nitrogens with zero attached hydrogens (tertiary/aromatic N) is 7. The van der Waals surface area contributed by atoms with Gasteiger partial charge in [0.2, 0.25) is 5.82 Å². The molecule has 11 nitrogen and oxygen atoms in total. The molecular weight excluding hydrogens is 518 g/mol. The maximum Gasteiger partial charge on any atom is 0.292 e. The summed E-state index contributed by atoms with van der Waals surface area (Å²) in [5.74, 6) is 0.999. The molecule has 41 heavy (non-hydrogen) atoms. The zero-order valence-corrected chi connectivity index (χ0v) is 22.2. The van der Waals surface area contributed by atoms with Crippen molar-refractivity contribution in [3.8, 4) is 22.4 Å². The molecule has 0 saturated carbocycles. The van der Waals surface area contributed by atoms with Crippen LogP contribution in [0.2, 0.25) is 0 Å². The number of carbonyl (C=O) groups excluding carboxylic acids is 2. The fourth-order valence-corrected chi connectivity index (χ4v) is 6.86. The topological polar surface area (TPSA) is 134 Å². The van der Waals surface area contributed by atoms with Gasteiger partial charge in [-0.05, 0) is 31.7 Å². The molecule has 3 aliphatic rings. The molecule has 11 heteroatoms. The fraction of sp³-hybridized carbons (Fsp3) is 0.300. The molecule has 2 atom stereocenters. The van der Waals surface area contributed by atoms with Gasteiger partial charge in [-0.2, -0.15) is 9.61 Å². The van der Waals surface area contributed by atoms with Crippen LogP contribution in [0.15, 0.2) is 61.2 Å². The van der Waals surface area contributed by atoms with Crippen molar-refractivity contribution in [2.75, 3.05) is 11.9 Å². The first-order chi connectivity index (χ1) is 20.2. The van der Waals surface area contributed by atoms with Crippen molar-refractivity contribution in [2.24, 2.45) is 0 Å². The Morgan fingerprint density at radius 3 is 2.54 bits per heavy atom. The van der Waals surface area contributed by atoms with E-state index >= 15 is 0 Å². The third-order valence-corrected chi connectivity index (χ3v) is 8.72. The minimum atomic E-state index is -0.110. The van der Waals surface area contributed by atoms with Gasteiger partial charge < -0.3 is 15.2 Å². The van der Waals surface area contributed by atoms with E-state index in [-0.39, 0.29) is 35.5 Å². The van der Waals surface area contributed by atoms with Crippen molar-refractivity contribution in [1.82, 2.24) is 39.7 Å². The highest BCUT2D eigenvalue weighted by molar-refractivity contribution is 6.04. The Balaban J connectivity index is 1.18. The van der Waals surface area contributed by atoms with Crippen LogP contribution in [0.5, 0.6) is 0 Å². The number of anilines is 1. The van der Waals surface area contributed by atoms with Gasteiger partial charge >= 0.3 is 0 Å². The molecule has 4 aromatic heterocycles. The summed E-state index contributed by atoms with van der Waals surface area (Å²) in [6, 6.07) is 14.2. The third-order valence-electron chi connectivity index (χ3n) is 8.72. The van der Waals surface area contributed by atoms with Crippen LogP contribution in [0.3, 0.4) is 0 Å². The zero-order valence-electron chi connectivity index (χ0n) is 22.2. The van der Waals surface area contributed by atoms with Crippen LogP contribution in [0.1, 0.15) is 64.7 Å². The van der Waals surface area contributed by atoms with E-state index in [0.29, 0.717) is 30.0 Å². The second kappa shape index (κ2) is 9.33. The number of aromatic nitrogens is 7. The van der Waals surface area contributed by atoms with E-state index in [2.05, 4.69) is 25.6 Å². The van der Waals surface area contributed by atoms with Crippen LogP contribution in [0, 0.1) is 0 Å². The van der Waals surface area contributed by atoms with Crippen LogP contribution in [-0.2, 0) is 0 Å². The molecule has 8 rings (SSSR count). The van der Waals surface area contributed by atoms with Crippen molar-refractivity contribution < 1.29 is 9.59 Å². The van der Waals surface area contributed by atoms with Crippen LogP contribution >= 0.6 is 0 Å². The van der Waals surface area contributed by atoms with E-state index < -0.39 is 0 Å². The van der Waals surface area contributed by atoms with Crippen molar-refractivity contribution in [2.45, 2.75) is 50.1 Å². The molecule has 3 aliphatic heterocycles. The number of benzene rings is 1. The van der Waals surface area contributed by atoms with Gasteiger partial charge in [0.15, 0.2) is 11.4 Å². The zero-order chi connectivity index (χ0) is 27.5. The van der Waals surface area contributed by atoms with Gasteiger partial charge in [0, 0.05) is 53.9 Å². The van der Waals surface area contributed by atoms with Crippen LogP contribution in [0.4, 0.5) is 5.82 Å². The largest absolute Gasteiger partial charge is 0.369 e. The van der Waals surface area contributed by atoms with Gasteiger partial charge in [-0.3, -0.25) is 14.6 Å². The van der Waals surface area contributed by atoms with E-state index in [1.807, 2.05) is 53.6 Å². The molecule has 2 unspecified atom stereocenters. The molecule has 2 bridgehead atoms. The number of rotatable bonds is 4. The maximum absolute atomic E-state index is 13.3. The number of aromatic amines is 1. The molecule has 2 N–H and O–H groups in total. The lowest BCUT2D eigenvalue weighted by Gasteiger charge is -2.39. The number of carbonyl (C=O) groups is 2. The fourth-order valence-electron chi connectivity index (χ4n) is 6.86. The average molecular weight is 546 g/mol. The Kier molecular flexibility index (Phi) is 5.44. The lowest BCUT2D eigenvalue weighted by molar-refractivity contribution is 0.0556. The standard InChI is InChI=1S/C30H27N9O2/c40-24-10-11-31-29-25(24)26(19-12-20-7-8-21(13-19)38(20)30(41)27-33-16-34-37-27)36-28-22(15-35-39(28)29)18-6-9-23(32-14-18)17-4-2-1-3-5-17/h1-6,9,14-16,19-21,31H,7-8,10-13H2,(H,33,34,37). The molecule has 204 valence electrons. The van der Waals surface area contributed by atoms with Crippen molar-refractivity contribution in [1.29, 1.82) is 0 Å². The van der Waals surface area contributed by atoms with Crippen molar-refractivity contribution >= 4 is 23.2 Å². The summed E-state index contributed by atoms with van der Waals surface area (Å²) in [7, 11) is 0. The van der Waals surface area contributed by atoms with Gasteiger partial charge in [0.1, 0.15) is 12.1 Å².